The maximum Gasteiger partial charge on any atom is 0.256 e. The summed E-state index contributed by atoms with van der Waals surface area (Å²) in [6, 6.07) is 15.9. The number of halogens is 1. The van der Waals surface area contributed by atoms with Crippen molar-refractivity contribution in [3.8, 4) is 11.5 Å². The minimum atomic E-state index is -0.296. The number of anilines is 3. The first-order valence-corrected chi connectivity index (χ1v) is 8.49. The van der Waals surface area contributed by atoms with E-state index in [4.69, 9.17) is 21.1 Å². The van der Waals surface area contributed by atoms with Gasteiger partial charge in [-0.25, -0.2) is 4.98 Å². The van der Waals surface area contributed by atoms with Crippen molar-refractivity contribution in [3.63, 3.8) is 0 Å². The Morgan fingerprint density at radius 1 is 1.00 bits per heavy atom. The number of pyridine rings is 1. The lowest BCUT2D eigenvalue weighted by Gasteiger charge is -2.11. The molecule has 3 rings (SSSR count). The Kier molecular flexibility index (Phi) is 5.78. The molecule has 0 saturated carbocycles. The van der Waals surface area contributed by atoms with Crippen LogP contribution in [-0.4, -0.2) is 25.1 Å². The molecular weight excluding hydrogens is 366 g/mol. The third-order valence-electron chi connectivity index (χ3n) is 3.80. The van der Waals surface area contributed by atoms with Gasteiger partial charge in [0.1, 0.15) is 5.82 Å². The summed E-state index contributed by atoms with van der Waals surface area (Å²) in [6.07, 6.45) is 1.62. The van der Waals surface area contributed by atoms with E-state index in [1.807, 2.05) is 18.2 Å². The van der Waals surface area contributed by atoms with Crippen molar-refractivity contribution in [1.29, 1.82) is 0 Å². The second kappa shape index (κ2) is 8.42. The van der Waals surface area contributed by atoms with E-state index in [9.17, 15) is 4.79 Å². The van der Waals surface area contributed by atoms with Crippen LogP contribution in [0.5, 0.6) is 11.5 Å². The minimum absolute atomic E-state index is 0.296. The molecule has 0 saturated heterocycles. The van der Waals surface area contributed by atoms with E-state index >= 15 is 0 Å². The van der Waals surface area contributed by atoms with Gasteiger partial charge in [0, 0.05) is 5.56 Å². The zero-order chi connectivity index (χ0) is 19.2. The number of carbonyl (C=O) groups excluding carboxylic acids is 1. The molecule has 1 heterocycles. The molecule has 7 heteroatoms. The third-order valence-corrected chi connectivity index (χ3v) is 4.13. The van der Waals surface area contributed by atoms with Crippen molar-refractivity contribution in [3.05, 3.63) is 71.4 Å². The Morgan fingerprint density at radius 2 is 1.78 bits per heavy atom. The molecule has 1 aromatic heterocycles. The van der Waals surface area contributed by atoms with E-state index in [-0.39, 0.29) is 5.91 Å². The fraction of sp³-hybridized carbons (Fsp3) is 0.100. The van der Waals surface area contributed by atoms with Gasteiger partial charge < -0.3 is 20.1 Å². The maximum absolute atomic E-state index is 12.4. The lowest BCUT2D eigenvalue weighted by atomic mass is 10.2. The number of amides is 1. The van der Waals surface area contributed by atoms with E-state index < -0.39 is 0 Å². The first kappa shape index (κ1) is 18.5. The fourth-order valence-corrected chi connectivity index (χ4v) is 2.61. The summed E-state index contributed by atoms with van der Waals surface area (Å²) in [5.74, 6) is 1.18. The zero-order valence-corrected chi connectivity index (χ0v) is 15.6. The van der Waals surface area contributed by atoms with E-state index in [2.05, 4.69) is 15.6 Å². The summed E-state index contributed by atoms with van der Waals surface area (Å²) in [7, 11) is 3.06. The van der Waals surface area contributed by atoms with Gasteiger partial charge in [-0.05, 0) is 42.5 Å². The van der Waals surface area contributed by atoms with Gasteiger partial charge in [-0.3, -0.25) is 4.79 Å². The largest absolute Gasteiger partial charge is 0.493 e. The van der Waals surface area contributed by atoms with Crippen LogP contribution in [0, 0.1) is 0 Å². The number of aromatic nitrogens is 1. The average Bonchev–Trinajstić information content (AvgIpc) is 2.70. The molecule has 0 aliphatic rings. The van der Waals surface area contributed by atoms with E-state index in [0.29, 0.717) is 27.9 Å². The molecule has 0 aliphatic heterocycles. The van der Waals surface area contributed by atoms with Crippen LogP contribution in [0.3, 0.4) is 0 Å². The highest BCUT2D eigenvalue weighted by Gasteiger charge is 2.11. The molecule has 3 aromatic rings. The van der Waals surface area contributed by atoms with Crippen LogP contribution < -0.4 is 20.1 Å². The number of carbonyl (C=O) groups is 1. The van der Waals surface area contributed by atoms with Gasteiger partial charge in [0.25, 0.3) is 5.91 Å². The summed E-state index contributed by atoms with van der Waals surface area (Å²) in [5.41, 5.74) is 1.98. The molecule has 6 nitrogen and oxygen atoms in total. The van der Waals surface area contributed by atoms with Gasteiger partial charge in [-0.2, -0.15) is 0 Å². The molecule has 2 aromatic carbocycles. The van der Waals surface area contributed by atoms with Crippen molar-refractivity contribution >= 4 is 34.7 Å². The third kappa shape index (κ3) is 4.48. The molecule has 0 spiro atoms. The van der Waals surface area contributed by atoms with Crippen molar-refractivity contribution in [2.24, 2.45) is 0 Å². The molecule has 2 N–H and O–H groups in total. The van der Waals surface area contributed by atoms with Crippen LogP contribution in [0.1, 0.15) is 10.4 Å². The monoisotopic (exact) mass is 383 g/mol. The van der Waals surface area contributed by atoms with E-state index in [1.165, 1.54) is 7.11 Å². The quantitative estimate of drug-likeness (QED) is 0.642. The molecule has 0 unspecified atom stereocenters. The number of para-hydroxylation sites is 1. The molecule has 0 atom stereocenters. The average molecular weight is 384 g/mol. The Hall–Kier alpha value is -3.25. The lowest BCUT2D eigenvalue weighted by Crippen LogP contribution is -2.13. The number of nitrogens with one attached hydrogen (secondary N) is 2. The second-order valence-electron chi connectivity index (χ2n) is 5.56. The van der Waals surface area contributed by atoms with Gasteiger partial charge in [0.05, 0.1) is 36.8 Å². The number of hydrogen-bond acceptors (Lipinski definition) is 5. The summed E-state index contributed by atoms with van der Waals surface area (Å²) in [5, 5.41) is 6.54. The molecular formula is C20H18ClN3O3. The number of rotatable bonds is 6. The highest BCUT2D eigenvalue weighted by molar-refractivity contribution is 6.33. The van der Waals surface area contributed by atoms with Crippen LogP contribution in [0.25, 0.3) is 0 Å². The van der Waals surface area contributed by atoms with Crippen LogP contribution in [0.15, 0.2) is 60.8 Å². The topological polar surface area (TPSA) is 72.5 Å². The van der Waals surface area contributed by atoms with Crippen molar-refractivity contribution in [1.82, 2.24) is 4.98 Å². The zero-order valence-electron chi connectivity index (χ0n) is 14.8. The minimum Gasteiger partial charge on any atom is -0.493 e. The first-order valence-electron chi connectivity index (χ1n) is 8.11. The van der Waals surface area contributed by atoms with Gasteiger partial charge in [-0.15, -0.1) is 0 Å². The summed E-state index contributed by atoms with van der Waals surface area (Å²) in [6.45, 7) is 0. The molecule has 27 heavy (non-hydrogen) atoms. The Balaban J connectivity index is 1.69. The highest BCUT2D eigenvalue weighted by Crippen LogP contribution is 2.28. The predicted molar refractivity (Wildman–Crippen MR) is 106 cm³/mol. The normalized spacial score (nSPS) is 10.2. The molecule has 1 amide bonds. The van der Waals surface area contributed by atoms with Gasteiger partial charge in [0.2, 0.25) is 0 Å². The van der Waals surface area contributed by atoms with Crippen LogP contribution >= 0.6 is 11.6 Å². The summed E-state index contributed by atoms with van der Waals surface area (Å²) >= 11 is 6.13. The number of ether oxygens (including phenoxy) is 2. The van der Waals surface area contributed by atoms with Gasteiger partial charge in [0.15, 0.2) is 11.5 Å². The number of benzene rings is 2. The molecule has 0 bridgehead atoms. The molecule has 138 valence electrons. The first-order chi connectivity index (χ1) is 13.1. The predicted octanol–water partition coefficient (Wildman–Crippen LogP) is 4.75. The van der Waals surface area contributed by atoms with Gasteiger partial charge in [-0.1, -0.05) is 23.7 Å². The maximum atomic E-state index is 12.4. The summed E-state index contributed by atoms with van der Waals surface area (Å²) in [4.78, 5) is 16.7. The van der Waals surface area contributed by atoms with Crippen LogP contribution in [-0.2, 0) is 0 Å². The SMILES string of the molecule is COc1ccc(C(=O)Nc2ccc(Nc3ccccc3Cl)cn2)cc1OC. The Bertz CT molecular complexity index is 945. The van der Waals surface area contributed by atoms with Crippen LogP contribution in [0.2, 0.25) is 5.02 Å². The standard InChI is InChI=1S/C20H18ClN3O3/c1-26-17-9-7-13(11-18(17)27-2)20(25)24-19-10-8-14(12-22-19)23-16-6-4-3-5-15(16)21/h3-12,23H,1-2H3,(H,22,24,25). The summed E-state index contributed by atoms with van der Waals surface area (Å²) < 4.78 is 10.4. The van der Waals surface area contributed by atoms with Crippen molar-refractivity contribution in [2.45, 2.75) is 0 Å². The number of methoxy groups -OCH3 is 2. The molecule has 0 radical (unpaired) electrons. The second-order valence-corrected chi connectivity index (χ2v) is 5.97. The number of nitrogens with zero attached hydrogens (tertiary/aromatic N) is 1. The molecule has 0 aliphatic carbocycles. The Morgan fingerprint density at radius 3 is 2.44 bits per heavy atom. The highest BCUT2D eigenvalue weighted by atomic mass is 35.5. The molecule has 0 fully saturated rings. The lowest BCUT2D eigenvalue weighted by molar-refractivity contribution is 0.102. The van der Waals surface area contributed by atoms with Gasteiger partial charge >= 0.3 is 0 Å². The number of hydrogen-bond donors (Lipinski definition) is 2. The van der Waals surface area contributed by atoms with E-state index in [1.54, 1.807) is 49.7 Å². The Labute approximate surface area is 162 Å². The van der Waals surface area contributed by atoms with Crippen molar-refractivity contribution < 1.29 is 14.3 Å². The van der Waals surface area contributed by atoms with Crippen molar-refractivity contribution in [2.75, 3.05) is 24.9 Å². The smallest absolute Gasteiger partial charge is 0.256 e. The van der Waals surface area contributed by atoms with E-state index in [0.717, 1.165) is 11.4 Å². The fourth-order valence-electron chi connectivity index (χ4n) is 2.43. The van der Waals surface area contributed by atoms with Crippen LogP contribution in [0.4, 0.5) is 17.2 Å².